The number of carboxylic acid groups (broad SMARTS) is 1. The number of carboxylic acids is 1. The van der Waals surface area contributed by atoms with E-state index in [9.17, 15) is 9.59 Å². The number of carbonyl (C=O) groups is 2. The van der Waals surface area contributed by atoms with Crippen LogP contribution in [0.2, 0.25) is 0 Å². The molecule has 1 amide bonds. The lowest BCUT2D eigenvalue weighted by Gasteiger charge is -2.06. The summed E-state index contributed by atoms with van der Waals surface area (Å²) in [6, 6.07) is 3.97. The Kier molecular flexibility index (Phi) is 3.65. The summed E-state index contributed by atoms with van der Waals surface area (Å²) in [5, 5.41) is 15.0. The molecule has 100 valence electrons. The zero-order valence-electron chi connectivity index (χ0n) is 10.2. The fourth-order valence-corrected chi connectivity index (χ4v) is 1.47. The number of carbonyl (C=O) groups excluding carboxylic acids is 1. The maximum atomic E-state index is 11.7. The second-order valence-corrected chi connectivity index (χ2v) is 4.00. The van der Waals surface area contributed by atoms with E-state index in [0.717, 1.165) is 0 Å². The van der Waals surface area contributed by atoms with Crippen LogP contribution in [0.5, 0.6) is 0 Å². The minimum absolute atomic E-state index is 0.0789. The number of nitrogens with one attached hydrogen (secondary N) is 1. The van der Waals surface area contributed by atoms with E-state index in [1.807, 2.05) is 0 Å². The fourth-order valence-electron chi connectivity index (χ4n) is 1.47. The molecule has 0 aliphatic carbocycles. The highest BCUT2D eigenvalue weighted by Crippen LogP contribution is 2.09. The van der Waals surface area contributed by atoms with Crippen LogP contribution in [-0.4, -0.2) is 32.8 Å². The van der Waals surface area contributed by atoms with Crippen molar-refractivity contribution < 1.29 is 19.1 Å². The molecule has 2 aromatic heterocycles. The maximum Gasteiger partial charge on any atom is 0.325 e. The molecule has 2 heterocycles. The number of aromatic nitrogens is 2. The van der Waals surface area contributed by atoms with Crippen molar-refractivity contribution in [3.05, 3.63) is 42.1 Å². The second-order valence-electron chi connectivity index (χ2n) is 4.00. The van der Waals surface area contributed by atoms with Crippen molar-refractivity contribution in [2.75, 3.05) is 0 Å². The van der Waals surface area contributed by atoms with Gasteiger partial charge in [0.05, 0.1) is 6.54 Å². The number of aliphatic carboxylic acids is 1. The summed E-state index contributed by atoms with van der Waals surface area (Å²) in [7, 11) is 0. The Balaban J connectivity index is 2.00. The molecule has 19 heavy (non-hydrogen) atoms. The molecule has 2 N–H and O–H groups in total. The highest BCUT2D eigenvalue weighted by molar-refractivity contribution is 5.94. The Morgan fingerprint density at radius 3 is 2.95 bits per heavy atom. The molecule has 2 rings (SSSR count). The summed E-state index contributed by atoms with van der Waals surface area (Å²) < 4.78 is 6.99. The Labute approximate surface area is 108 Å². The van der Waals surface area contributed by atoms with E-state index >= 15 is 0 Å². The van der Waals surface area contributed by atoms with Crippen LogP contribution in [-0.2, 0) is 11.3 Å². The summed E-state index contributed by atoms with van der Waals surface area (Å²) in [4.78, 5) is 22.3. The van der Waals surface area contributed by atoms with Gasteiger partial charge in [-0.3, -0.25) is 14.3 Å². The third kappa shape index (κ3) is 3.21. The van der Waals surface area contributed by atoms with Crippen molar-refractivity contribution in [2.45, 2.75) is 19.5 Å². The van der Waals surface area contributed by atoms with Crippen LogP contribution in [0.25, 0.3) is 0 Å². The molecule has 7 nitrogen and oxygen atoms in total. The van der Waals surface area contributed by atoms with Gasteiger partial charge in [0.1, 0.15) is 11.8 Å². The van der Waals surface area contributed by atoms with Crippen LogP contribution >= 0.6 is 0 Å². The monoisotopic (exact) mass is 263 g/mol. The predicted octanol–water partition coefficient (Wildman–Crippen LogP) is 0.727. The average molecular weight is 263 g/mol. The quantitative estimate of drug-likeness (QED) is 0.828. The molecular weight excluding hydrogens is 250 g/mol. The summed E-state index contributed by atoms with van der Waals surface area (Å²) in [6.45, 7) is 1.79. The standard InChI is InChI=1S/C12H13N3O4/c1-8(12(17)18)14-11(16)10-4-3-9(19-10)7-15-6-2-5-13-15/h2-6,8H,7H2,1H3,(H,14,16)(H,17,18). The molecule has 0 aromatic carbocycles. The maximum absolute atomic E-state index is 11.7. The van der Waals surface area contributed by atoms with Crippen LogP contribution in [0.15, 0.2) is 35.0 Å². The number of hydrogen-bond acceptors (Lipinski definition) is 4. The molecule has 7 heteroatoms. The molecule has 0 saturated heterocycles. The summed E-state index contributed by atoms with van der Waals surface area (Å²) in [6.07, 6.45) is 3.42. The SMILES string of the molecule is CC(NC(=O)c1ccc(Cn2cccn2)o1)C(=O)O. The van der Waals surface area contributed by atoms with Gasteiger partial charge in [0, 0.05) is 12.4 Å². The van der Waals surface area contributed by atoms with E-state index in [-0.39, 0.29) is 5.76 Å². The third-order valence-corrected chi connectivity index (χ3v) is 2.48. The van der Waals surface area contributed by atoms with Crippen molar-refractivity contribution in [1.82, 2.24) is 15.1 Å². The number of nitrogens with zero attached hydrogens (tertiary/aromatic N) is 2. The van der Waals surface area contributed by atoms with Gasteiger partial charge in [-0.25, -0.2) is 0 Å². The first-order chi connectivity index (χ1) is 9.06. The lowest BCUT2D eigenvalue weighted by Crippen LogP contribution is -2.38. The molecule has 0 aliphatic heterocycles. The van der Waals surface area contributed by atoms with Crippen molar-refractivity contribution in [3.63, 3.8) is 0 Å². The Morgan fingerprint density at radius 1 is 1.53 bits per heavy atom. The van der Waals surface area contributed by atoms with Crippen LogP contribution in [0.4, 0.5) is 0 Å². The highest BCUT2D eigenvalue weighted by Gasteiger charge is 2.17. The minimum atomic E-state index is -1.10. The number of rotatable bonds is 5. The van der Waals surface area contributed by atoms with Gasteiger partial charge >= 0.3 is 5.97 Å². The lowest BCUT2D eigenvalue weighted by molar-refractivity contribution is -0.138. The van der Waals surface area contributed by atoms with Crippen molar-refractivity contribution in [1.29, 1.82) is 0 Å². The number of furan rings is 1. The molecular formula is C12H13N3O4. The molecule has 2 aromatic rings. The summed E-state index contributed by atoms with van der Waals surface area (Å²) in [5.41, 5.74) is 0. The van der Waals surface area contributed by atoms with Gasteiger partial charge in [-0.2, -0.15) is 5.10 Å². The predicted molar refractivity (Wildman–Crippen MR) is 64.6 cm³/mol. The van der Waals surface area contributed by atoms with Crippen molar-refractivity contribution in [3.8, 4) is 0 Å². The van der Waals surface area contributed by atoms with Gasteiger partial charge in [-0.05, 0) is 25.1 Å². The van der Waals surface area contributed by atoms with Crippen LogP contribution < -0.4 is 5.32 Å². The normalized spacial score (nSPS) is 12.1. The van der Waals surface area contributed by atoms with E-state index in [1.165, 1.54) is 13.0 Å². The first kappa shape index (κ1) is 12.9. The molecule has 1 atom stereocenters. The van der Waals surface area contributed by atoms with E-state index in [2.05, 4.69) is 10.4 Å². The van der Waals surface area contributed by atoms with Gasteiger partial charge in [-0.1, -0.05) is 0 Å². The van der Waals surface area contributed by atoms with Crippen molar-refractivity contribution in [2.24, 2.45) is 0 Å². The average Bonchev–Trinajstić information content (AvgIpc) is 3.00. The Hall–Kier alpha value is -2.57. The third-order valence-electron chi connectivity index (χ3n) is 2.48. The Morgan fingerprint density at radius 2 is 2.32 bits per heavy atom. The lowest BCUT2D eigenvalue weighted by atomic mass is 10.3. The van der Waals surface area contributed by atoms with Gasteiger partial charge in [-0.15, -0.1) is 0 Å². The zero-order valence-corrected chi connectivity index (χ0v) is 10.2. The smallest absolute Gasteiger partial charge is 0.325 e. The number of amides is 1. The molecule has 0 aliphatic rings. The minimum Gasteiger partial charge on any atom is -0.480 e. The van der Waals surface area contributed by atoms with E-state index < -0.39 is 17.9 Å². The van der Waals surface area contributed by atoms with Crippen molar-refractivity contribution >= 4 is 11.9 Å². The number of hydrogen-bond donors (Lipinski definition) is 2. The first-order valence-electron chi connectivity index (χ1n) is 5.66. The second kappa shape index (κ2) is 5.38. The van der Waals surface area contributed by atoms with E-state index in [4.69, 9.17) is 9.52 Å². The highest BCUT2D eigenvalue weighted by atomic mass is 16.4. The summed E-state index contributed by atoms with van der Waals surface area (Å²) >= 11 is 0. The first-order valence-corrected chi connectivity index (χ1v) is 5.66. The Bertz CT molecular complexity index is 574. The van der Waals surface area contributed by atoms with Gasteiger partial charge in [0.15, 0.2) is 5.76 Å². The van der Waals surface area contributed by atoms with E-state index in [1.54, 1.807) is 29.2 Å². The van der Waals surface area contributed by atoms with Crippen LogP contribution in [0.1, 0.15) is 23.2 Å². The molecule has 0 fully saturated rings. The van der Waals surface area contributed by atoms with Crippen LogP contribution in [0, 0.1) is 0 Å². The zero-order chi connectivity index (χ0) is 13.8. The summed E-state index contributed by atoms with van der Waals surface area (Å²) in [5.74, 6) is -1.01. The van der Waals surface area contributed by atoms with E-state index in [0.29, 0.717) is 12.3 Å². The topological polar surface area (TPSA) is 97.4 Å². The van der Waals surface area contributed by atoms with Gasteiger partial charge in [0.25, 0.3) is 5.91 Å². The van der Waals surface area contributed by atoms with Gasteiger partial charge < -0.3 is 14.8 Å². The fraction of sp³-hybridized carbons (Fsp3) is 0.250. The molecule has 1 unspecified atom stereocenters. The molecule has 0 spiro atoms. The van der Waals surface area contributed by atoms with Gasteiger partial charge in [0.2, 0.25) is 0 Å². The molecule has 0 bridgehead atoms. The van der Waals surface area contributed by atoms with Crippen LogP contribution in [0.3, 0.4) is 0 Å². The largest absolute Gasteiger partial charge is 0.480 e. The molecule has 0 saturated carbocycles. The molecule has 0 radical (unpaired) electrons.